The maximum atomic E-state index is 11.6. The van der Waals surface area contributed by atoms with Gasteiger partial charge in [-0.05, 0) is 47.7 Å². The lowest BCUT2D eigenvalue weighted by Crippen LogP contribution is -2.24. The molecule has 1 aromatic carbocycles. The number of likely N-dealkylation sites (N-methyl/N-ethyl adjacent to an activating group) is 1. The van der Waals surface area contributed by atoms with Crippen LogP contribution in [0.25, 0.3) is 6.08 Å². The number of carbonyl (C=O) groups is 1. The highest BCUT2D eigenvalue weighted by atomic mass is 32.2. The number of benzene rings is 1. The molecule has 2 aromatic rings. The number of pyridine rings is 1. The molecule has 25 heavy (non-hydrogen) atoms. The van der Waals surface area contributed by atoms with Crippen molar-refractivity contribution in [2.75, 3.05) is 25.1 Å². The first-order chi connectivity index (χ1) is 12.1. The summed E-state index contributed by atoms with van der Waals surface area (Å²) in [5, 5.41) is 10.1. The maximum absolute atomic E-state index is 11.6. The van der Waals surface area contributed by atoms with Crippen molar-refractivity contribution in [1.29, 1.82) is 5.41 Å². The van der Waals surface area contributed by atoms with Gasteiger partial charge in [0, 0.05) is 13.2 Å². The van der Waals surface area contributed by atoms with E-state index in [1.807, 2.05) is 54.4 Å². The summed E-state index contributed by atoms with van der Waals surface area (Å²) in [6, 6.07) is 13.3. The molecule has 1 amide bonds. The van der Waals surface area contributed by atoms with E-state index in [4.69, 9.17) is 10.1 Å². The summed E-state index contributed by atoms with van der Waals surface area (Å²) in [6.07, 6.45) is 3.53. The smallest absolute Gasteiger partial charge is 0.264 e. The number of nitrogens with one attached hydrogen (secondary N) is 2. The van der Waals surface area contributed by atoms with Gasteiger partial charge in [0.15, 0.2) is 5.17 Å². The number of rotatable bonds is 6. The SMILES string of the molecule is CN(CCOc1ccc(/C=C2\SC(=N)NC2=O)cc1)c1ccccn1. The number of ether oxygens (including phenoxy) is 1. The Kier molecular flexibility index (Phi) is 5.35. The lowest BCUT2D eigenvalue weighted by atomic mass is 10.2. The van der Waals surface area contributed by atoms with Crippen LogP contribution in [0, 0.1) is 5.41 Å². The standard InChI is InChI=1S/C18H18N4O2S/c1-22(16-4-2-3-9-20-16)10-11-24-14-7-5-13(6-8-14)12-15-17(23)21-18(19)25-15/h2-9,12H,10-11H2,1H3,(H2,19,21,23)/b15-12-. The van der Waals surface area contributed by atoms with Crippen LogP contribution in [0.4, 0.5) is 5.82 Å². The third kappa shape index (κ3) is 4.60. The van der Waals surface area contributed by atoms with Crippen LogP contribution >= 0.6 is 11.8 Å². The van der Waals surface area contributed by atoms with E-state index in [1.54, 1.807) is 12.3 Å². The van der Waals surface area contributed by atoms with Crippen LogP contribution < -0.4 is 15.0 Å². The van der Waals surface area contributed by atoms with Crippen molar-refractivity contribution in [2.45, 2.75) is 0 Å². The van der Waals surface area contributed by atoms with E-state index in [0.29, 0.717) is 11.5 Å². The van der Waals surface area contributed by atoms with Gasteiger partial charge >= 0.3 is 0 Å². The molecule has 1 aliphatic heterocycles. The van der Waals surface area contributed by atoms with E-state index in [9.17, 15) is 4.79 Å². The van der Waals surface area contributed by atoms with Gasteiger partial charge in [-0.2, -0.15) is 0 Å². The van der Waals surface area contributed by atoms with Gasteiger partial charge in [-0.1, -0.05) is 18.2 Å². The van der Waals surface area contributed by atoms with Gasteiger partial charge in [0.1, 0.15) is 18.2 Å². The Hall–Kier alpha value is -2.80. The normalized spacial score (nSPS) is 15.3. The number of thioether (sulfide) groups is 1. The van der Waals surface area contributed by atoms with E-state index in [-0.39, 0.29) is 11.1 Å². The van der Waals surface area contributed by atoms with Gasteiger partial charge in [-0.3, -0.25) is 10.2 Å². The van der Waals surface area contributed by atoms with Crippen molar-refractivity contribution < 1.29 is 9.53 Å². The fourth-order valence-electron chi connectivity index (χ4n) is 2.25. The third-order valence-electron chi connectivity index (χ3n) is 3.58. The molecule has 0 aliphatic carbocycles. The molecule has 0 radical (unpaired) electrons. The molecular weight excluding hydrogens is 336 g/mol. The monoisotopic (exact) mass is 354 g/mol. The molecule has 1 fully saturated rings. The minimum absolute atomic E-state index is 0.160. The number of aromatic nitrogens is 1. The fraction of sp³-hybridized carbons (Fsp3) is 0.167. The summed E-state index contributed by atoms with van der Waals surface area (Å²) in [5.41, 5.74) is 0.894. The van der Waals surface area contributed by atoms with Crippen LogP contribution in [-0.4, -0.2) is 36.3 Å². The van der Waals surface area contributed by atoms with Crippen molar-refractivity contribution >= 4 is 34.7 Å². The van der Waals surface area contributed by atoms with Crippen molar-refractivity contribution in [3.8, 4) is 5.75 Å². The second-order valence-electron chi connectivity index (χ2n) is 5.42. The van der Waals surface area contributed by atoms with Crippen LogP contribution in [0.15, 0.2) is 53.6 Å². The molecule has 3 rings (SSSR count). The Labute approximate surface area is 150 Å². The van der Waals surface area contributed by atoms with Gasteiger partial charge in [-0.15, -0.1) is 0 Å². The maximum Gasteiger partial charge on any atom is 0.264 e. The fourth-order valence-corrected chi connectivity index (χ4v) is 2.95. The number of carbonyl (C=O) groups excluding carboxylic acids is 1. The van der Waals surface area contributed by atoms with Crippen molar-refractivity contribution in [1.82, 2.24) is 10.3 Å². The number of amidine groups is 1. The highest BCUT2D eigenvalue weighted by molar-refractivity contribution is 8.18. The van der Waals surface area contributed by atoms with E-state index in [0.717, 1.165) is 35.4 Å². The van der Waals surface area contributed by atoms with Crippen LogP contribution in [-0.2, 0) is 4.79 Å². The average Bonchev–Trinajstić information content (AvgIpc) is 2.94. The number of anilines is 1. The first kappa shape index (κ1) is 17.0. The average molecular weight is 354 g/mol. The second kappa shape index (κ2) is 7.85. The van der Waals surface area contributed by atoms with Gasteiger partial charge in [0.2, 0.25) is 0 Å². The van der Waals surface area contributed by atoms with Crippen LogP contribution in [0.2, 0.25) is 0 Å². The molecule has 0 saturated carbocycles. The summed E-state index contributed by atoms with van der Waals surface area (Å²) < 4.78 is 5.75. The summed E-state index contributed by atoms with van der Waals surface area (Å²) in [7, 11) is 1.98. The molecule has 0 spiro atoms. The molecule has 0 unspecified atom stereocenters. The van der Waals surface area contributed by atoms with Gasteiger partial charge in [0.05, 0.1) is 11.4 Å². The predicted octanol–water partition coefficient (Wildman–Crippen LogP) is 2.74. The van der Waals surface area contributed by atoms with Crippen LogP contribution in [0.3, 0.4) is 0 Å². The van der Waals surface area contributed by atoms with E-state index < -0.39 is 0 Å². The zero-order valence-corrected chi connectivity index (χ0v) is 14.5. The number of hydrogen-bond donors (Lipinski definition) is 2. The lowest BCUT2D eigenvalue weighted by Gasteiger charge is -2.18. The van der Waals surface area contributed by atoms with E-state index in [1.165, 1.54) is 0 Å². The second-order valence-corrected chi connectivity index (χ2v) is 6.47. The first-order valence-electron chi connectivity index (χ1n) is 7.76. The number of amides is 1. The Balaban J connectivity index is 1.52. The zero-order chi connectivity index (χ0) is 17.6. The molecule has 128 valence electrons. The Morgan fingerprint density at radius 1 is 1.28 bits per heavy atom. The molecule has 0 atom stereocenters. The lowest BCUT2D eigenvalue weighted by molar-refractivity contribution is -0.115. The molecule has 2 N–H and O–H groups in total. The molecule has 6 nitrogen and oxygen atoms in total. The first-order valence-corrected chi connectivity index (χ1v) is 8.58. The van der Waals surface area contributed by atoms with Crippen LogP contribution in [0.5, 0.6) is 5.75 Å². The molecule has 7 heteroatoms. The largest absolute Gasteiger partial charge is 0.492 e. The van der Waals surface area contributed by atoms with Crippen LogP contribution in [0.1, 0.15) is 5.56 Å². The van der Waals surface area contributed by atoms with E-state index in [2.05, 4.69) is 10.3 Å². The molecule has 1 saturated heterocycles. The van der Waals surface area contributed by atoms with Gasteiger partial charge in [-0.25, -0.2) is 4.98 Å². The zero-order valence-electron chi connectivity index (χ0n) is 13.7. The number of nitrogens with zero attached hydrogens (tertiary/aromatic N) is 2. The number of hydrogen-bond acceptors (Lipinski definition) is 6. The Bertz CT molecular complexity index is 790. The molecule has 2 heterocycles. The van der Waals surface area contributed by atoms with Gasteiger partial charge < -0.3 is 15.0 Å². The van der Waals surface area contributed by atoms with Crippen molar-refractivity contribution in [3.63, 3.8) is 0 Å². The quantitative estimate of drug-likeness (QED) is 0.780. The summed E-state index contributed by atoms with van der Waals surface area (Å²) in [6.45, 7) is 1.27. The predicted molar refractivity (Wildman–Crippen MR) is 101 cm³/mol. The van der Waals surface area contributed by atoms with Gasteiger partial charge in [0.25, 0.3) is 5.91 Å². The van der Waals surface area contributed by atoms with Crippen molar-refractivity contribution in [3.05, 3.63) is 59.1 Å². The third-order valence-corrected chi connectivity index (χ3v) is 4.41. The molecule has 0 bridgehead atoms. The summed E-state index contributed by atoms with van der Waals surface area (Å²) >= 11 is 1.13. The molecule has 1 aliphatic rings. The Morgan fingerprint density at radius 3 is 2.72 bits per heavy atom. The molecular formula is C18H18N4O2S. The Morgan fingerprint density at radius 2 is 2.08 bits per heavy atom. The topological polar surface area (TPSA) is 78.3 Å². The summed E-state index contributed by atoms with van der Waals surface area (Å²) in [5.74, 6) is 1.45. The highest BCUT2D eigenvalue weighted by Gasteiger charge is 2.21. The minimum atomic E-state index is -0.229. The highest BCUT2D eigenvalue weighted by Crippen LogP contribution is 2.25. The minimum Gasteiger partial charge on any atom is -0.492 e. The summed E-state index contributed by atoms with van der Waals surface area (Å²) in [4.78, 5) is 18.4. The molecule has 1 aromatic heterocycles. The van der Waals surface area contributed by atoms with E-state index >= 15 is 0 Å². The van der Waals surface area contributed by atoms with Crippen molar-refractivity contribution in [2.24, 2.45) is 0 Å².